The molecule has 1 fully saturated rings. The minimum absolute atomic E-state index is 0.0293. The van der Waals surface area contributed by atoms with Gasteiger partial charge in [-0.05, 0) is 51.1 Å². The van der Waals surface area contributed by atoms with Crippen LogP contribution in [-0.4, -0.2) is 41.2 Å². The molecule has 2 aromatic rings. The summed E-state index contributed by atoms with van der Waals surface area (Å²) in [7, 11) is 0. The average Bonchev–Trinajstić information content (AvgIpc) is 2.82. The maximum absolute atomic E-state index is 13.1. The monoisotopic (exact) mass is 316 g/mol. The van der Waals surface area contributed by atoms with Gasteiger partial charge in [-0.3, -0.25) is 4.79 Å². The van der Waals surface area contributed by atoms with Gasteiger partial charge in [0.05, 0.1) is 18.3 Å². The van der Waals surface area contributed by atoms with Gasteiger partial charge in [0.15, 0.2) is 0 Å². The number of morpholine rings is 1. The van der Waals surface area contributed by atoms with E-state index in [0.717, 1.165) is 17.1 Å². The largest absolute Gasteiger partial charge is 0.375 e. The van der Waals surface area contributed by atoms with Gasteiger partial charge in [-0.1, -0.05) is 0 Å². The molecule has 0 radical (unpaired) electrons. The first-order valence-electron chi connectivity index (χ1n) is 7.83. The third kappa shape index (κ3) is 3.01. The average molecular weight is 316 g/mol. The summed E-state index contributed by atoms with van der Waals surface area (Å²) in [6.45, 7) is 7.65. The van der Waals surface area contributed by atoms with Crippen LogP contribution in [0, 0.1) is 19.7 Å². The topological polar surface area (TPSA) is 34.5 Å². The zero-order chi connectivity index (χ0) is 16.6. The van der Waals surface area contributed by atoms with Crippen molar-refractivity contribution in [3.8, 4) is 5.69 Å². The lowest BCUT2D eigenvalue weighted by Crippen LogP contribution is -2.44. The second-order valence-electron chi connectivity index (χ2n) is 6.03. The lowest BCUT2D eigenvalue weighted by molar-refractivity contribution is -0.0124. The molecule has 0 N–H and O–H groups in total. The maximum Gasteiger partial charge on any atom is 0.255 e. The molecule has 5 heteroatoms. The molecule has 0 bridgehead atoms. The van der Waals surface area contributed by atoms with Crippen LogP contribution in [0.5, 0.6) is 0 Å². The Hall–Kier alpha value is -2.14. The number of aryl methyl sites for hydroxylation is 1. The molecule has 0 saturated carbocycles. The first-order chi connectivity index (χ1) is 11.0. The summed E-state index contributed by atoms with van der Waals surface area (Å²) in [4.78, 5) is 14.7. The summed E-state index contributed by atoms with van der Waals surface area (Å²) in [6, 6.07) is 8.21. The Kier molecular flexibility index (Phi) is 4.22. The summed E-state index contributed by atoms with van der Waals surface area (Å²) < 4.78 is 20.6. The van der Waals surface area contributed by atoms with Crippen molar-refractivity contribution < 1.29 is 13.9 Å². The molecule has 122 valence electrons. The Morgan fingerprint density at radius 1 is 1.26 bits per heavy atom. The van der Waals surface area contributed by atoms with Crippen molar-refractivity contribution in [2.45, 2.75) is 26.9 Å². The molecule has 3 rings (SSSR count). The Morgan fingerprint density at radius 3 is 2.61 bits per heavy atom. The van der Waals surface area contributed by atoms with Crippen molar-refractivity contribution in [2.24, 2.45) is 0 Å². The second kappa shape index (κ2) is 6.16. The minimum atomic E-state index is -0.269. The van der Waals surface area contributed by atoms with Crippen LogP contribution < -0.4 is 0 Å². The van der Waals surface area contributed by atoms with E-state index in [2.05, 4.69) is 0 Å². The van der Waals surface area contributed by atoms with Crippen molar-refractivity contribution in [1.29, 1.82) is 0 Å². The number of aromatic nitrogens is 1. The van der Waals surface area contributed by atoms with E-state index in [4.69, 9.17) is 4.74 Å². The van der Waals surface area contributed by atoms with Gasteiger partial charge in [0.25, 0.3) is 5.91 Å². The van der Waals surface area contributed by atoms with Crippen LogP contribution in [0.4, 0.5) is 4.39 Å². The van der Waals surface area contributed by atoms with E-state index >= 15 is 0 Å². The number of amides is 1. The zero-order valence-electron chi connectivity index (χ0n) is 13.7. The molecule has 2 heterocycles. The molecule has 0 aliphatic carbocycles. The van der Waals surface area contributed by atoms with Gasteiger partial charge in [0, 0.05) is 30.2 Å². The molecule has 1 amide bonds. The quantitative estimate of drug-likeness (QED) is 0.853. The molecule has 1 saturated heterocycles. The first kappa shape index (κ1) is 15.7. The second-order valence-corrected chi connectivity index (χ2v) is 6.03. The number of carbonyl (C=O) groups excluding carboxylic acids is 1. The number of halogens is 1. The Bertz CT molecular complexity index is 721. The lowest BCUT2D eigenvalue weighted by Gasteiger charge is -2.31. The molecule has 1 aliphatic rings. The number of hydrogen-bond acceptors (Lipinski definition) is 2. The van der Waals surface area contributed by atoms with Gasteiger partial charge in [0.1, 0.15) is 5.82 Å². The van der Waals surface area contributed by atoms with Gasteiger partial charge < -0.3 is 14.2 Å². The van der Waals surface area contributed by atoms with Crippen molar-refractivity contribution in [2.75, 3.05) is 19.7 Å². The minimum Gasteiger partial charge on any atom is -0.375 e. The van der Waals surface area contributed by atoms with Crippen LogP contribution in [0.1, 0.15) is 28.7 Å². The van der Waals surface area contributed by atoms with Gasteiger partial charge in [-0.2, -0.15) is 0 Å². The number of benzene rings is 1. The van der Waals surface area contributed by atoms with Crippen LogP contribution in [0.25, 0.3) is 5.69 Å². The van der Waals surface area contributed by atoms with Crippen LogP contribution >= 0.6 is 0 Å². The SMILES string of the molecule is Cc1cc(C(=O)N2CCOC(C)C2)c(C)n1-c1ccc(F)cc1. The van der Waals surface area contributed by atoms with E-state index in [-0.39, 0.29) is 17.8 Å². The summed E-state index contributed by atoms with van der Waals surface area (Å²) in [6.07, 6.45) is 0.0632. The molecule has 1 unspecified atom stereocenters. The summed E-state index contributed by atoms with van der Waals surface area (Å²) in [5, 5.41) is 0. The fourth-order valence-corrected chi connectivity index (χ4v) is 3.14. The number of hydrogen-bond donors (Lipinski definition) is 0. The zero-order valence-corrected chi connectivity index (χ0v) is 13.7. The summed E-state index contributed by atoms with van der Waals surface area (Å²) in [5.74, 6) is -0.239. The standard InChI is InChI=1S/C18H21FN2O2/c1-12-10-17(18(22)20-8-9-23-13(2)11-20)14(3)21(12)16-6-4-15(19)5-7-16/h4-7,10,13H,8-9,11H2,1-3H3. The van der Waals surface area contributed by atoms with Crippen LogP contribution in [0.15, 0.2) is 30.3 Å². The maximum atomic E-state index is 13.1. The highest BCUT2D eigenvalue weighted by molar-refractivity contribution is 5.96. The number of nitrogens with zero attached hydrogens (tertiary/aromatic N) is 2. The molecule has 1 aliphatic heterocycles. The molecule has 23 heavy (non-hydrogen) atoms. The van der Waals surface area contributed by atoms with E-state index in [1.54, 1.807) is 12.1 Å². The van der Waals surface area contributed by atoms with E-state index in [1.165, 1.54) is 12.1 Å². The third-order valence-electron chi connectivity index (χ3n) is 4.27. The highest BCUT2D eigenvalue weighted by Crippen LogP contribution is 2.23. The van der Waals surface area contributed by atoms with Crippen molar-refractivity contribution in [3.63, 3.8) is 0 Å². The van der Waals surface area contributed by atoms with Crippen molar-refractivity contribution >= 4 is 5.91 Å². The summed E-state index contributed by atoms with van der Waals surface area (Å²) >= 11 is 0. The third-order valence-corrected chi connectivity index (χ3v) is 4.27. The summed E-state index contributed by atoms with van der Waals surface area (Å²) in [5.41, 5.74) is 3.38. The molecule has 1 atom stereocenters. The van der Waals surface area contributed by atoms with E-state index in [0.29, 0.717) is 25.3 Å². The van der Waals surface area contributed by atoms with Gasteiger partial charge in [0.2, 0.25) is 0 Å². The highest BCUT2D eigenvalue weighted by atomic mass is 19.1. The van der Waals surface area contributed by atoms with Gasteiger partial charge in [-0.15, -0.1) is 0 Å². The van der Waals surface area contributed by atoms with Crippen molar-refractivity contribution in [1.82, 2.24) is 9.47 Å². The van der Waals surface area contributed by atoms with E-state index in [9.17, 15) is 9.18 Å². The number of carbonyl (C=O) groups is 1. The fourth-order valence-electron chi connectivity index (χ4n) is 3.14. The smallest absolute Gasteiger partial charge is 0.255 e. The van der Waals surface area contributed by atoms with E-state index in [1.807, 2.05) is 36.3 Å². The lowest BCUT2D eigenvalue weighted by atomic mass is 10.2. The van der Waals surface area contributed by atoms with Crippen LogP contribution in [0.2, 0.25) is 0 Å². The predicted octanol–water partition coefficient (Wildman–Crippen LogP) is 3.09. The Morgan fingerprint density at radius 2 is 1.96 bits per heavy atom. The number of ether oxygens (including phenoxy) is 1. The molecule has 1 aromatic carbocycles. The normalized spacial score (nSPS) is 18.3. The first-order valence-corrected chi connectivity index (χ1v) is 7.83. The molecular weight excluding hydrogens is 295 g/mol. The van der Waals surface area contributed by atoms with E-state index < -0.39 is 0 Å². The molecule has 0 spiro atoms. The predicted molar refractivity (Wildman–Crippen MR) is 86.5 cm³/mol. The van der Waals surface area contributed by atoms with Gasteiger partial charge in [-0.25, -0.2) is 4.39 Å². The molecule has 1 aromatic heterocycles. The van der Waals surface area contributed by atoms with Crippen molar-refractivity contribution in [3.05, 3.63) is 53.1 Å². The Labute approximate surface area is 135 Å². The van der Waals surface area contributed by atoms with Crippen LogP contribution in [0.3, 0.4) is 0 Å². The fraction of sp³-hybridized carbons (Fsp3) is 0.389. The number of rotatable bonds is 2. The molecular formula is C18H21FN2O2. The van der Waals surface area contributed by atoms with Gasteiger partial charge >= 0.3 is 0 Å². The molecule has 4 nitrogen and oxygen atoms in total. The van der Waals surface area contributed by atoms with Crippen LogP contribution in [-0.2, 0) is 4.74 Å². The Balaban J connectivity index is 1.94. The highest BCUT2D eigenvalue weighted by Gasteiger charge is 2.25.